The van der Waals surface area contributed by atoms with Crippen LogP contribution in [-0.4, -0.2) is 44.9 Å². The second-order valence-corrected chi connectivity index (χ2v) is 10.4. The molecule has 8 heteroatoms. The minimum atomic E-state index is -3.67. The summed E-state index contributed by atoms with van der Waals surface area (Å²) in [6.45, 7) is 3.16. The zero-order chi connectivity index (χ0) is 20.6. The van der Waals surface area contributed by atoms with Crippen molar-refractivity contribution < 1.29 is 17.9 Å². The van der Waals surface area contributed by atoms with Crippen molar-refractivity contribution in [2.45, 2.75) is 30.2 Å². The van der Waals surface area contributed by atoms with E-state index in [1.807, 2.05) is 24.3 Å². The molecule has 154 valence electrons. The van der Waals surface area contributed by atoms with Gasteiger partial charge in [0.2, 0.25) is 10.0 Å². The number of morpholine rings is 1. The lowest BCUT2D eigenvalue weighted by Crippen LogP contribution is -2.41. The predicted molar refractivity (Wildman–Crippen MR) is 113 cm³/mol. The Morgan fingerprint density at radius 2 is 1.76 bits per heavy atom. The van der Waals surface area contributed by atoms with Crippen LogP contribution in [0, 0.1) is 6.92 Å². The number of amides is 1. The zero-order valence-corrected chi connectivity index (χ0v) is 18.6. The lowest BCUT2D eigenvalue weighted by molar-refractivity contribution is 0.0730. The molecule has 1 N–H and O–H groups in total. The average molecular weight is 479 g/mol. The first-order valence-corrected chi connectivity index (χ1v) is 11.8. The van der Waals surface area contributed by atoms with Crippen molar-refractivity contribution in [3.05, 3.63) is 63.6 Å². The summed E-state index contributed by atoms with van der Waals surface area (Å²) in [6.07, 6.45) is 1.73. The van der Waals surface area contributed by atoms with E-state index in [0.29, 0.717) is 37.4 Å². The Morgan fingerprint density at radius 1 is 1.10 bits per heavy atom. The highest BCUT2D eigenvalue weighted by molar-refractivity contribution is 9.10. The Morgan fingerprint density at radius 3 is 2.38 bits per heavy atom. The third kappa shape index (κ3) is 4.12. The molecule has 1 heterocycles. The van der Waals surface area contributed by atoms with E-state index in [0.717, 1.165) is 22.9 Å². The van der Waals surface area contributed by atoms with Crippen molar-refractivity contribution >= 4 is 31.9 Å². The van der Waals surface area contributed by atoms with Gasteiger partial charge >= 0.3 is 0 Å². The molecule has 0 bridgehead atoms. The fourth-order valence-electron chi connectivity index (χ4n) is 3.61. The molecular weight excluding hydrogens is 456 g/mol. The first-order valence-electron chi connectivity index (χ1n) is 9.59. The summed E-state index contributed by atoms with van der Waals surface area (Å²) in [7, 11) is -3.67. The van der Waals surface area contributed by atoms with E-state index in [1.165, 1.54) is 10.4 Å². The third-order valence-electron chi connectivity index (χ3n) is 5.54. The molecule has 0 radical (unpaired) electrons. The van der Waals surface area contributed by atoms with Crippen LogP contribution < -0.4 is 5.32 Å². The number of carbonyl (C=O) groups excluding carboxylic acids is 1. The average Bonchev–Trinajstić information content (AvgIpc) is 3.49. The van der Waals surface area contributed by atoms with Crippen molar-refractivity contribution in [1.29, 1.82) is 0 Å². The normalized spacial score (nSPS) is 19.0. The lowest BCUT2D eigenvalue weighted by Gasteiger charge is -2.27. The quantitative estimate of drug-likeness (QED) is 0.715. The Kier molecular flexibility index (Phi) is 5.54. The Balaban J connectivity index is 1.58. The standard InChI is InChI=1S/C21H23BrN2O4S/c1-15-2-3-16(14-19(15)29(26,27)24-10-12-28-13-11-24)20(25)23-21(8-9-21)17-4-6-18(22)7-5-17/h2-7,14H,8-13H2,1H3,(H,23,25). The minimum absolute atomic E-state index is 0.181. The second-order valence-electron chi connectivity index (χ2n) is 7.54. The molecule has 6 nitrogen and oxygen atoms in total. The zero-order valence-electron chi connectivity index (χ0n) is 16.2. The van der Waals surface area contributed by atoms with Crippen molar-refractivity contribution in [3.63, 3.8) is 0 Å². The van der Waals surface area contributed by atoms with Gasteiger partial charge in [-0.3, -0.25) is 4.79 Å². The summed E-state index contributed by atoms with van der Waals surface area (Å²) in [4.78, 5) is 13.1. The highest BCUT2D eigenvalue weighted by atomic mass is 79.9. The van der Waals surface area contributed by atoms with Crippen LogP contribution in [0.15, 0.2) is 51.8 Å². The molecule has 1 saturated heterocycles. The van der Waals surface area contributed by atoms with Crippen LogP contribution in [-0.2, 0) is 20.3 Å². The third-order valence-corrected chi connectivity index (χ3v) is 8.11. The number of carbonyl (C=O) groups is 1. The number of rotatable bonds is 5. The largest absolute Gasteiger partial charge is 0.379 e. The van der Waals surface area contributed by atoms with Crippen molar-refractivity contribution in [1.82, 2.24) is 9.62 Å². The topological polar surface area (TPSA) is 75.7 Å². The molecule has 0 atom stereocenters. The van der Waals surface area contributed by atoms with Gasteiger partial charge in [-0.05, 0) is 55.2 Å². The maximum Gasteiger partial charge on any atom is 0.252 e. The summed E-state index contributed by atoms with van der Waals surface area (Å²) < 4.78 is 33.8. The van der Waals surface area contributed by atoms with Crippen LogP contribution in [0.3, 0.4) is 0 Å². The van der Waals surface area contributed by atoms with Crippen LogP contribution in [0.4, 0.5) is 0 Å². The molecule has 2 aromatic carbocycles. The molecule has 1 saturated carbocycles. The van der Waals surface area contributed by atoms with Gasteiger partial charge in [-0.15, -0.1) is 0 Å². The molecule has 1 aliphatic heterocycles. The number of nitrogens with zero attached hydrogens (tertiary/aromatic N) is 1. The van der Waals surface area contributed by atoms with E-state index in [9.17, 15) is 13.2 Å². The minimum Gasteiger partial charge on any atom is -0.379 e. The van der Waals surface area contributed by atoms with Crippen molar-refractivity contribution in [2.75, 3.05) is 26.3 Å². The summed E-state index contributed by atoms with van der Waals surface area (Å²) in [5.41, 5.74) is 1.67. The number of aryl methyl sites for hydroxylation is 1. The van der Waals surface area contributed by atoms with E-state index < -0.39 is 10.0 Å². The molecule has 0 spiro atoms. The second kappa shape index (κ2) is 7.83. The van der Waals surface area contributed by atoms with Gasteiger partial charge in [0, 0.05) is 23.1 Å². The predicted octanol–water partition coefficient (Wildman–Crippen LogP) is 3.20. The number of nitrogens with one attached hydrogen (secondary N) is 1. The molecule has 0 unspecified atom stereocenters. The lowest BCUT2D eigenvalue weighted by atomic mass is 10.0. The summed E-state index contributed by atoms with van der Waals surface area (Å²) in [5, 5.41) is 3.11. The number of sulfonamides is 1. The van der Waals surface area contributed by atoms with Gasteiger partial charge < -0.3 is 10.1 Å². The monoisotopic (exact) mass is 478 g/mol. The van der Waals surface area contributed by atoms with Gasteiger partial charge in [0.15, 0.2) is 0 Å². The molecular formula is C21H23BrN2O4S. The molecule has 2 aromatic rings. The van der Waals surface area contributed by atoms with Gasteiger partial charge in [0.1, 0.15) is 0 Å². The van der Waals surface area contributed by atoms with Gasteiger partial charge in [-0.25, -0.2) is 8.42 Å². The van der Waals surface area contributed by atoms with E-state index in [2.05, 4.69) is 21.2 Å². The van der Waals surface area contributed by atoms with Crippen molar-refractivity contribution in [3.8, 4) is 0 Å². The van der Waals surface area contributed by atoms with Crippen molar-refractivity contribution in [2.24, 2.45) is 0 Å². The van der Waals surface area contributed by atoms with Crippen LogP contribution in [0.25, 0.3) is 0 Å². The summed E-state index contributed by atoms with van der Waals surface area (Å²) in [5.74, 6) is -0.260. The van der Waals surface area contributed by atoms with E-state index >= 15 is 0 Å². The number of halogens is 1. The van der Waals surface area contributed by atoms with Crippen LogP contribution in [0.5, 0.6) is 0 Å². The Hall–Kier alpha value is -1.74. The summed E-state index contributed by atoms with van der Waals surface area (Å²) in [6, 6.07) is 12.8. The maximum atomic E-state index is 13.1. The highest BCUT2D eigenvalue weighted by Gasteiger charge is 2.45. The van der Waals surface area contributed by atoms with Crippen LogP contribution in [0.2, 0.25) is 0 Å². The number of benzene rings is 2. The van der Waals surface area contributed by atoms with Gasteiger partial charge in [-0.1, -0.05) is 34.1 Å². The molecule has 0 aromatic heterocycles. The van der Waals surface area contributed by atoms with Crippen LogP contribution in [0.1, 0.15) is 34.3 Å². The van der Waals surface area contributed by atoms with E-state index in [1.54, 1.807) is 19.1 Å². The van der Waals surface area contributed by atoms with Gasteiger partial charge in [0.25, 0.3) is 5.91 Å². The molecule has 2 fully saturated rings. The van der Waals surface area contributed by atoms with Crippen LogP contribution >= 0.6 is 15.9 Å². The van der Waals surface area contributed by atoms with Gasteiger partial charge in [-0.2, -0.15) is 4.31 Å². The SMILES string of the molecule is Cc1ccc(C(=O)NC2(c3ccc(Br)cc3)CC2)cc1S(=O)(=O)N1CCOCC1. The van der Waals surface area contributed by atoms with E-state index in [4.69, 9.17) is 4.74 Å². The maximum absolute atomic E-state index is 13.1. The number of ether oxygens (including phenoxy) is 1. The fourth-order valence-corrected chi connectivity index (χ4v) is 5.54. The van der Waals surface area contributed by atoms with E-state index in [-0.39, 0.29) is 16.3 Å². The smallest absolute Gasteiger partial charge is 0.252 e. The first kappa shape index (κ1) is 20.5. The Labute approximate surface area is 179 Å². The highest BCUT2D eigenvalue weighted by Crippen LogP contribution is 2.46. The molecule has 1 amide bonds. The number of hydrogen-bond donors (Lipinski definition) is 1. The molecule has 29 heavy (non-hydrogen) atoms. The molecule has 2 aliphatic rings. The Bertz CT molecular complexity index is 1030. The number of hydrogen-bond acceptors (Lipinski definition) is 4. The first-order chi connectivity index (χ1) is 13.8. The molecule has 4 rings (SSSR count). The summed E-state index contributed by atoms with van der Waals surface area (Å²) >= 11 is 3.43. The fraction of sp³-hybridized carbons (Fsp3) is 0.381. The van der Waals surface area contributed by atoms with Gasteiger partial charge in [0.05, 0.1) is 23.6 Å². The molecule has 1 aliphatic carbocycles.